The van der Waals surface area contributed by atoms with E-state index in [1.165, 1.54) is 0 Å². The molecule has 0 fully saturated rings. The fourth-order valence-corrected chi connectivity index (χ4v) is 3.14. The van der Waals surface area contributed by atoms with Crippen molar-refractivity contribution in [2.45, 2.75) is 25.7 Å². The van der Waals surface area contributed by atoms with Crippen LogP contribution in [0.3, 0.4) is 0 Å². The summed E-state index contributed by atoms with van der Waals surface area (Å²) in [6, 6.07) is 12.8. The fourth-order valence-electron chi connectivity index (χ4n) is 2.88. The Morgan fingerprint density at radius 1 is 1.07 bits per heavy atom. The topological polar surface area (TPSA) is 96.5 Å². The summed E-state index contributed by atoms with van der Waals surface area (Å²) < 4.78 is 6.61. The lowest BCUT2D eigenvalue weighted by Gasteiger charge is -2.17. The van der Waals surface area contributed by atoms with Gasteiger partial charge in [-0.3, -0.25) is 14.4 Å². The van der Waals surface area contributed by atoms with Crippen molar-refractivity contribution in [2.24, 2.45) is 0 Å². The number of carbonyl (C=O) groups excluding carboxylic acids is 3. The number of anilines is 2. The molecule has 2 aromatic carbocycles. The van der Waals surface area contributed by atoms with Crippen molar-refractivity contribution in [3.8, 4) is 5.75 Å². The zero-order chi connectivity index (χ0) is 20.6. The second kappa shape index (κ2) is 10.1. The van der Waals surface area contributed by atoms with Gasteiger partial charge in [0.15, 0.2) is 0 Å². The Kier molecular flexibility index (Phi) is 7.24. The minimum absolute atomic E-state index is 0.0303. The van der Waals surface area contributed by atoms with Gasteiger partial charge >= 0.3 is 0 Å². The van der Waals surface area contributed by atoms with Crippen molar-refractivity contribution in [3.05, 3.63) is 52.5 Å². The van der Waals surface area contributed by atoms with Crippen molar-refractivity contribution < 1.29 is 19.1 Å². The van der Waals surface area contributed by atoms with Gasteiger partial charge in [-0.2, -0.15) is 0 Å². The van der Waals surface area contributed by atoms with Gasteiger partial charge in [-0.05, 0) is 60.9 Å². The molecule has 3 amide bonds. The van der Waals surface area contributed by atoms with Crippen LogP contribution in [0.4, 0.5) is 11.4 Å². The van der Waals surface area contributed by atoms with E-state index in [2.05, 4.69) is 31.9 Å². The van der Waals surface area contributed by atoms with E-state index in [4.69, 9.17) is 4.74 Å². The molecule has 29 heavy (non-hydrogen) atoms. The number of halogens is 1. The van der Waals surface area contributed by atoms with Gasteiger partial charge in [0.1, 0.15) is 5.75 Å². The predicted molar refractivity (Wildman–Crippen MR) is 114 cm³/mol. The third kappa shape index (κ3) is 6.60. The lowest BCUT2D eigenvalue weighted by atomic mass is 10.0. The molecular weight excluding hydrogens is 438 g/mol. The smallest absolute Gasteiger partial charge is 0.243 e. The summed E-state index contributed by atoms with van der Waals surface area (Å²) in [5, 5.41) is 8.15. The van der Waals surface area contributed by atoms with Gasteiger partial charge in [0.05, 0.1) is 13.2 Å². The average Bonchev–Trinajstić information content (AvgIpc) is 2.71. The molecule has 152 valence electrons. The number of benzene rings is 2. The van der Waals surface area contributed by atoms with Gasteiger partial charge in [-0.15, -0.1) is 0 Å². The number of amides is 3. The van der Waals surface area contributed by atoms with Crippen LogP contribution in [-0.2, 0) is 20.8 Å². The van der Waals surface area contributed by atoms with E-state index in [1.54, 1.807) is 18.2 Å². The van der Waals surface area contributed by atoms with E-state index in [-0.39, 0.29) is 30.7 Å². The highest BCUT2D eigenvalue weighted by molar-refractivity contribution is 9.10. The third-order valence-corrected chi connectivity index (χ3v) is 4.89. The van der Waals surface area contributed by atoms with Crippen LogP contribution in [0.5, 0.6) is 5.75 Å². The van der Waals surface area contributed by atoms with Crippen LogP contribution in [0.15, 0.2) is 46.9 Å². The summed E-state index contributed by atoms with van der Waals surface area (Å²) in [6.45, 7) is 0.315. The summed E-state index contributed by atoms with van der Waals surface area (Å²) in [5.74, 6) is 0.266. The minimum Gasteiger partial charge on any atom is -0.494 e. The molecule has 0 bridgehead atoms. The molecule has 0 aromatic heterocycles. The largest absolute Gasteiger partial charge is 0.494 e. The van der Waals surface area contributed by atoms with Gasteiger partial charge < -0.3 is 20.7 Å². The molecule has 0 atom stereocenters. The van der Waals surface area contributed by atoms with Crippen LogP contribution in [0.2, 0.25) is 0 Å². The van der Waals surface area contributed by atoms with Crippen LogP contribution in [0.25, 0.3) is 0 Å². The molecule has 0 radical (unpaired) electrons. The number of fused-ring (bicyclic) bond motifs is 1. The molecule has 1 aliphatic rings. The minimum atomic E-state index is -0.280. The first-order valence-corrected chi connectivity index (χ1v) is 10.2. The lowest BCUT2D eigenvalue weighted by Crippen LogP contribution is -2.32. The number of rotatable bonds is 8. The van der Waals surface area contributed by atoms with Crippen LogP contribution >= 0.6 is 15.9 Å². The highest BCUT2D eigenvalue weighted by atomic mass is 79.9. The first kappa shape index (κ1) is 20.9. The van der Waals surface area contributed by atoms with Gasteiger partial charge in [-0.1, -0.05) is 15.9 Å². The summed E-state index contributed by atoms with van der Waals surface area (Å²) >= 11 is 3.33. The molecule has 0 unspecified atom stereocenters. The maximum Gasteiger partial charge on any atom is 0.243 e. The quantitative estimate of drug-likeness (QED) is 0.527. The van der Waals surface area contributed by atoms with Crippen molar-refractivity contribution in [1.82, 2.24) is 5.32 Å². The SMILES string of the molecule is O=C(CCCOc1ccc2c(c1)CCC(=O)N2)NCC(=O)Nc1ccc(Br)cc1. The molecule has 1 aliphatic heterocycles. The molecule has 0 spiro atoms. The summed E-state index contributed by atoms with van der Waals surface area (Å²) in [4.78, 5) is 35.1. The predicted octanol–water partition coefficient (Wildman–Crippen LogP) is 3.25. The number of aryl methyl sites for hydroxylation is 1. The second-order valence-electron chi connectivity index (χ2n) is 6.65. The zero-order valence-electron chi connectivity index (χ0n) is 15.8. The van der Waals surface area contributed by atoms with E-state index in [0.717, 1.165) is 15.7 Å². The number of ether oxygens (including phenoxy) is 1. The van der Waals surface area contributed by atoms with E-state index in [0.29, 0.717) is 37.3 Å². The molecule has 3 rings (SSSR count). The molecule has 8 heteroatoms. The third-order valence-electron chi connectivity index (χ3n) is 4.36. The first-order chi connectivity index (χ1) is 14.0. The van der Waals surface area contributed by atoms with Crippen LogP contribution in [0, 0.1) is 0 Å². The molecular formula is C21H22BrN3O4. The van der Waals surface area contributed by atoms with Crippen LogP contribution in [0.1, 0.15) is 24.8 Å². The average molecular weight is 460 g/mol. The molecule has 1 heterocycles. The Hall–Kier alpha value is -2.87. The fraction of sp³-hybridized carbons (Fsp3) is 0.286. The Balaban J connectivity index is 1.32. The highest BCUT2D eigenvalue weighted by Gasteiger charge is 2.15. The monoisotopic (exact) mass is 459 g/mol. The molecule has 7 nitrogen and oxygen atoms in total. The number of hydrogen-bond acceptors (Lipinski definition) is 4. The van der Waals surface area contributed by atoms with Crippen molar-refractivity contribution >= 4 is 45.0 Å². The van der Waals surface area contributed by atoms with E-state index in [1.807, 2.05) is 24.3 Å². The Labute approximate surface area is 177 Å². The number of carbonyl (C=O) groups is 3. The lowest BCUT2D eigenvalue weighted by molar-refractivity contribution is -0.124. The Bertz CT molecular complexity index is 899. The summed E-state index contributed by atoms with van der Waals surface area (Å²) in [7, 11) is 0. The normalized spacial score (nSPS) is 12.5. The maximum atomic E-state index is 11.9. The van der Waals surface area contributed by atoms with Gasteiger partial charge in [0.25, 0.3) is 0 Å². The molecule has 2 aromatic rings. The standard InChI is InChI=1S/C21H22BrN3O4/c22-15-4-6-16(7-5-15)24-21(28)13-23-19(26)2-1-11-29-17-8-9-18-14(12-17)3-10-20(27)25-18/h4-9,12H,1-3,10-11,13H2,(H,23,26)(H,24,28)(H,25,27). The number of nitrogens with one attached hydrogen (secondary N) is 3. The zero-order valence-corrected chi connectivity index (χ0v) is 17.4. The summed E-state index contributed by atoms with van der Waals surface area (Å²) in [5.41, 5.74) is 2.55. The van der Waals surface area contributed by atoms with Gasteiger partial charge in [0, 0.05) is 28.7 Å². The molecule has 3 N–H and O–H groups in total. The van der Waals surface area contributed by atoms with Crippen LogP contribution < -0.4 is 20.7 Å². The first-order valence-electron chi connectivity index (χ1n) is 9.37. The Morgan fingerprint density at radius 2 is 1.86 bits per heavy atom. The van der Waals surface area contributed by atoms with Gasteiger partial charge in [0.2, 0.25) is 17.7 Å². The maximum absolute atomic E-state index is 11.9. The van der Waals surface area contributed by atoms with Crippen molar-refractivity contribution in [3.63, 3.8) is 0 Å². The Morgan fingerprint density at radius 3 is 2.66 bits per heavy atom. The van der Waals surface area contributed by atoms with Gasteiger partial charge in [-0.25, -0.2) is 0 Å². The highest BCUT2D eigenvalue weighted by Crippen LogP contribution is 2.26. The molecule has 0 saturated carbocycles. The number of hydrogen-bond donors (Lipinski definition) is 3. The second-order valence-corrected chi connectivity index (χ2v) is 7.57. The van der Waals surface area contributed by atoms with Crippen LogP contribution in [-0.4, -0.2) is 30.9 Å². The van der Waals surface area contributed by atoms with E-state index >= 15 is 0 Å². The van der Waals surface area contributed by atoms with Crippen molar-refractivity contribution in [2.75, 3.05) is 23.8 Å². The van der Waals surface area contributed by atoms with E-state index in [9.17, 15) is 14.4 Å². The van der Waals surface area contributed by atoms with E-state index < -0.39 is 0 Å². The molecule has 0 saturated heterocycles. The van der Waals surface area contributed by atoms with Crippen molar-refractivity contribution in [1.29, 1.82) is 0 Å². The summed E-state index contributed by atoms with van der Waals surface area (Å²) in [6.07, 6.45) is 1.98. The molecule has 0 aliphatic carbocycles.